The fourth-order valence-corrected chi connectivity index (χ4v) is 2.96. The van der Waals surface area contributed by atoms with E-state index in [0.717, 1.165) is 25.2 Å². The van der Waals surface area contributed by atoms with E-state index in [9.17, 15) is 4.79 Å². The third kappa shape index (κ3) is 3.57. The maximum absolute atomic E-state index is 12.6. The minimum Gasteiger partial charge on any atom is -0.339 e. The van der Waals surface area contributed by atoms with Crippen molar-refractivity contribution >= 4 is 5.91 Å². The number of amides is 1. The van der Waals surface area contributed by atoms with E-state index in [4.69, 9.17) is 0 Å². The fraction of sp³-hybridized carbons (Fsp3) is 0.625. The van der Waals surface area contributed by atoms with Crippen LogP contribution in [0.1, 0.15) is 31.2 Å². The van der Waals surface area contributed by atoms with Crippen molar-refractivity contribution in [1.82, 2.24) is 15.2 Å². The third-order valence-electron chi connectivity index (χ3n) is 4.33. The topological polar surface area (TPSA) is 45.2 Å². The Morgan fingerprint density at radius 2 is 1.90 bits per heavy atom. The number of hydrogen-bond acceptors (Lipinski definition) is 3. The molecule has 1 aromatic rings. The van der Waals surface area contributed by atoms with Crippen molar-refractivity contribution in [2.45, 2.75) is 38.1 Å². The first-order valence-electron chi connectivity index (χ1n) is 7.72. The van der Waals surface area contributed by atoms with Gasteiger partial charge in [0.05, 0.1) is 6.42 Å². The maximum atomic E-state index is 12.6. The molecular formula is C16H23N3O. The summed E-state index contributed by atoms with van der Waals surface area (Å²) in [4.78, 5) is 18.7. The molecule has 2 fully saturated rings. The van der Waals surface area contributed by atoms with Gasteiger partial charge in [0.25, 0.3) is 0 Å². The van der Waals surface area contributed by atoms with Gasteiger partial charge in [0.15, 0.2) is 0 Å². The van der Waals surface area contributed by atoms with Crippen molar-refractivity contribution in [1.29, 1.82) is 0 Å². The molecule has 1 N–H and O–H groups in total. The van der Waals surface area contributed by atoms with Crippen LogP contribution in [0.5, 0.6) is 0 Å². The van der Waals surface area contributed by atoms with Crippen LogP contribution in [0.25, 0.3) is 0 Å². The largest absolute Gasteiger partial charge is 0.339 e. The van der Waals surface area contributed by atoms with Crippen LogP contribution in [0.3, 0.4) is 0 Å². The quantitative estimate of drug-likeness (QED) is 0.886. The van der Waals surface area contributed by atoms with E-state index in [2.05, 4.69) is 15.2 Å². The summed E-state index contributed by atoms with van der Waals surface area (Å²) >= 11 is 0. The number of aromatic nitrogens is 1. The molecule has 1 aliphatic heterocycles. The Morgan fingerprint density at radius 3 is 2.55 bits per heavy atom. The maximum Gasteiger partial charge on any atom is 0.227 e. The van der Waals surface area contributed by atoms with Gasteiger partial charge < -0.3 is 10.2 Å². The van der Waals surface area contributed by atoms with Gasteiger partial charge in [0.1, 0.15) is 0 Å². The van der Waals surface area contributed by atoms with E-state index in [0.29, 0.717) is 18.4 Å². The van der Waals surface area contributed by atoms with Gasteiger partial charge in [-0.2, -0.15) is 0 Å². The predicted octanol–water partition coefficient (Wildman–Crippen LogP) is 1.61. The monoisotopic (exact) mass is 273 g/mol. The molecule has 108 valence electrons. The molecule has 2 aliphatic rings. The second-order valence-electron chi connectivity index (χ2n) is 6.00. The molecule has 1 aliphatic carbocycles. The van der Waals surface area contributed by atoms with Crippen LogP contribution >= 0.6 is 0 Å². The molecule has 0 atom stereocenters. The molecule has 1 saturated heterocycles. The highest BCUT2D eigenvalue weighted by atomic mass is 16.2. The first-order valence-corrected chi connectivity index (χ1v) is 7.72. The number of piperidine rings is 1. The first kappa shape index (κ1) is 13.6. The van der Waals surface area contributed by atoms with Gasteiger partial charge in [-0.05, 0) is 62.4 Å². The van der Waals surface area contributed by atoms with Gasteiger partial charge in [0.2, 0.25) is 5.91 Å². The molecular weight excluding hydrogens is 250 g/mol. The van der Waals surface area contributed by atoms with Crippen LogP contribution in [0, 0.1) is 5.92 Å². The number of rotatable bonds is 5. The van der Waals surface area contributed by atoms with Gasteiger partial charge in [-0.25, -0.2) is 0 Å². The molecule has 0 aromatic carbocycles. The number of nitrogens with one attached hydrogen (secondary N) is 1. The Balaban J connectivity index is 1.59. The lowest BCUT2D eigenvalue weighted by molar-refractivity contribution is -0.131. The van der Waals surface area contributed by atoms with E-state index >= 15 is 0 Å². The number of pyridine rings is 1. The van der Waals surface area contributed by atoms with Gasteiger partial charge >= 0.3 is 0 Å². The number of nitrogens with zero attached hydrogens (tertiary/aromatic N) is 2. The molecule has 3 rings (SSSR count). The van der Waals surface area contributed by atoms with Crippen LogP contribution in [0.15, 0.2) is 24.5 Å². The Bertz CT molecular complexity index is 438. The summed E-state index contributed by atoms with van der Waals surface area (Å²) in [6.45, 7) is 3.15. The van der Waals surface area contributed by atoms with Crippen molar-refractivity contribution in [2.24, 2.45) is 5.92 Å². The van der Waals surface area contributed by atoms with Crippen LogP contribution in [0.2, 0.25) is 0 Å². The van der Waals surface area contributed by atoms with E-state index in [1.54, 1.807) is 12.4 Å². The van der Waals surface area contributed by atoms with Crippen LogP contribution in [-0.2, 0) is 11.2 Å². The lowest BCUT2D eigenvalue weighted by Gasteiger charge is -2.30. The van der Waals surface area contributed by atoms with Crippen molar-refractivity contribution in [3.05, 3.63) is 30.1 Å². The Hall–Kier alpha value is -1.42. The van der Waals surface area contributed by atoms with Crippen LogP contribution in [-0.4, -0.2) is 41.5 Å². The van der Waals surface area contributed by atoms with Gasteiger partial charge in [-0.15, -0.1) is 0 Å². The molecule has 2 heterocycles. The minimum atomic E-state index is 0.289. The molecule has 1 saturated carbocycles. The van der Waals surface area contributed by atoms with Crippen molar-refractivity contribution in [2.75, 3.05) is 19.6 Å². The number of carbonyl (C=O) groups is 1. The number of carbonyl (C=O) groups excluding carboxylic acids is 1. The molecule has 1 aromatic heterocycles. The summed E-state index contributed by atoms with van der Waals surface area (Å²) in [5, 5.41) is 3.39. The zero-order valence-corrected chi connectivity index (χ0v) is 11.9. The summed E-state index contributed by atoms with van der Waals surface area (Å²) in [5.41, 5.74) is 1.07. The van der Waals surface area contributed by atoms with Crippen LogP contribution in [0.4, 0.5) is 0 Å². The molecule has 0 unspecified atom stereocenters. The standard InChI is InChI=1S/C16H23N3O/c20-16(11-13-3-7-17-8-4-13)19(15-1-2-15)12-14-5-9-18-10-6-14/h3-4,7-8,14-15,18H,1-2,5-6,9-12H2. The van der Waals surface area contributed by atoms with E-state index in [-0.39, 0.29) is 5.91 Å². The average Bonchev–Trinajstić information content (AvgIpc) is 3.31. The summed E-state index contributed by atoms with van der Waals surface area (Å²) in [7, 11) is 0. The smallest absolute Gasteiger partial charge is 0.227 e. The zero-order chi connectivity index (χ0) is 13.8. The van der Waals surface area contributed by atoms with Gasteiger partial charge in [-0.3, -0.25) is 9.78 Å². The number of hydrogen-bond donors (Lipinski definition) is 1. The molecule has 20 heavy (non-hydrogen) atoms. The Labute approximate surface area is 120 Å². The fourth-order valence-electron chi connectivity index (χ4n) is 2.96. The first-order chi connectivity index (χ1) is 9.83. The lowest BCUT2D eigenvalue weighted by Crippen LogP contribution is -2.41. The van der Waals surface area contributed by atoms with Crippen molar-refractivity contribution in [3.63, 3.8) is 0 Å². The van der Waals surface area contributed by atoms with Gasteiger partial charge in [-0.1, -0.05) is 0 Å². The van der Waals surface area contributed by atoms with Crippen molar-refractivity contribution < 1.29 is 4.79 Å². The highest BCUT2D eigenvalue weighted by Gasteiger charge is 2.33. The Morgan fingerprint density at radius 1 is 1.20 bits per heavy atom. The second-order valence-corrected chi connectivity index (χ2v) is 6.00. The molecule has 4 heteroatoms. The third-order valence-corrected chi connectivity index (χ3v) is 4.33. The molecule has 0 bridgehead atoms. The summed E-state index contributed by atoms with van der Waals surface area (Å²) < 4.78 is 0. The summed E-state index contributed by atoms with van der Waals surface area (Å²) in [6.07, 6.45) is 8.81. The summed E-state index contributed by atoms with van der Waals surface area (Å²) in [6, 6.07) is 4.39. The van der Waals surface area contributed by atoms with Gasteiger partial charge in [0, 0.05) is 25.0 Å². The Kier molecular flexibility index (Phi) is 4.31. The molecule has 1 amide bonds. The average molecular weight is 273 g/mol. The normalized spacial score (nSPS) is 19.8. The molecule has 0 radical (unpaired) electrons. The SMILES string of the molecule is O=C(Cc1ccncc1)N(CC1CCNCC1)C1CC1. The van der Waals surface area contributed by atoms with Crippen molar-refractivity contribution in [3.8, 4) is 0 Å². The second kappa shape index (κ2) is 6.35. The van der Waals surface area contributed by atoms with E-state index in [1.807, 2.05) is 12.1 Å². The molecule has 0 spiro atoms. The highest BCUT2D eigenvalue weighted by molar-refractivity contribution is 5.79. The van der Waals surface area contributed by atoms with E-state index in [1.165, 1.54) is 25.7 Å². The summed E-state index contributed by atoms with van der Waals surface area (Å²) in [5.74, 6) is 0.968. The lowest BCUT2D eigenvalue weighted by atomic mass is 9.97. The zero-order valence-electron chi connectivity index (χ0n) is 11.9. The van der Waals surface area contributed by atoms with E-state index < -0.39 is 0 Å². The minimum absolute atomic E-state index is 0.289. The predicted molar refractivity (Wildman–Crippen MR) is 78.3 cm³/mol. The van der Waals surface area contributed by atoms with Crippen LogP contribution < -0.4 is 5.32 Å². The highest BCUT2D eigenvalue weighted by Crippen LogP contribution is 2.29. The molecule has 4 nitrogen and oxygen atoms in total.